The van der Waals surface area contributed by atoms with Crippen LogP contribution in [0.2, 0.25) is 0 Å². The van der Waals surface area contributed by atoms with Crippen LogP contribution < -0.4 is 27.0 Å². The number of nitrogens with two attached hydrogens (primary N) is 1. The van der Waals surface area contributed by atoms with Crippen molar-refractivity contribution in [3.8, 4) is 0 Å². The third-order valence-corrected chi connectivity index (χ3v) is 6.52. The van der Waals surface area contributed by atoms with Crippen molar-refractivity contribution in [3.63, 3.8) is 0 Å². The van der Waals surface area contributed by atoms with Gasteiger partial charge in [0.15, 0.2) is 0 Å². The average Bonchev–Trinajstić information content (AvgIpc) is 3.47. The van der Waals surface area contributed by atoms with Gasteiger partial charge in [-0.1, -0.05) is 24.3 Å². The van der Waals surface area contributed by atoms with Crippen LogP contribution in [0.1, 0.15) is 54.1 Å². The molecular formula is C26H21N7O8. The number of hydrogen-bond donors (Lipinski definition) is 4. The number of aromatic carboxylic acids is 1. The molecule has 15 nitrogen and oxygen atoms in total. The molecule has 15 heteroatoms. The first-order chi connectivity index (χ1) is 19.5. The number of carboxylic acid groups (broad SMARTS) is 1. The second-order valence-corrected chi connectivity index (χ2v) is 9.12. The number of hydrogen-bond acceptors (Lipinski definition) is 9. The lowest BCUT2D eigenvalue weighted by Crippen LogP contribution is -2.39. The van der Waals surface area contributed by atoms with Crippen LogP contribution in [0.25, 0.3) is 5.78 Å². The van der Waals surface area contributed by atoms with E-state index in [2.05, 4.69) is 25.3 Å². The normalized spacial score (nSPS) is 13.1. The van der Waals surface area contributed by atoms with Gasteiger partial charge in [-0.25, -0.2) is 19.0 Å². The van der Waals surface area contributed by atoms with Crippen LogP contribution >= 0.6 is 0 Å². The Morgan fingerprint density at radius 3 is 2.49 bits per heavy atom. The SMILES string of the molecule is CN1C(=O)Cc2ccc(CNC(=O)c3cc(C(=O)N[C@@H](C(N)=O)c4ccc(C(=O)O)cc4)n4c(=O)onc4n3)cc21. The van der Waals surface area contributed by atoms with E-state index >= 15 is 0 Å². The zero-order chi connectivity index (χ0) is 29.4. The number of aromatic nitrogens is 3. The molecule has 5 N–H and O–H groups in total. The van der Waals surface area contributed by atoms with Gasteiger partial charge in [-0.2, -0.15) is 0 Å². The van der Waals surface area contributed by atoms with Crippen LogP contribution in [0.3, 0.4) is 0 Å². The maximum atomic E-state index is 13.3. The summed E-state index contributed by atoms with van der Waals surface area (Å²) in [6.07, 6.45) is 0.300. The quantitative estimate of drug-likeness (QED) is 0.222. The van der Waals surface area contributed by atoms with E-state index in [9.17, 15) is 28.8 Å². The van der Waals surface area contributed by atoms with Crippen molar-refractivity contribution in [2.75, 3.05) is 11.9 Å². The molecule has 2 aromatic carbocycles. The highest BCUT2D eigenvalue weighted by Crippen LogP contribution is 2.28. The van der Waals surface area contributed by atoms with Gasteiger partial charge < -0.3 is 26.4 Å². The number of rotatable bonds is 8. The summed E-state index contributed by atoms with van der Waals surface area (Å²) in [4.78, 5) is 79.3. The summed E-state index contributed by atoms with van der Waals surface area (Å²) in [5.74, 6) is -5.35. The third-order valence-electron chi connectivity index (χ3n) is 6.52. The predicted molar refractivity (Wildman–Crippen MR) is 139 cm³/mol. The highest BCUT2D eigenvalue weighted by molar-refractivity contribution is 6.01. The third kappa shape index (κ3) is 5.10. The molecule has 0 bridgehead atoms. The van der Waals surface area contributed by atoms with Crippen LogP contribution in [0.15, 0.2) is 57.8 Å². The van der Waals surface area contributed by atoms with E-state index in [1.54, 1.807) is 25.2 Å². The Bertz CT molecular complexity index is 1810. The molecule has 0 fully saturated rings. The number of benzene rings is 2. The van der Waals surface area contributed by atoms with Crippen molar-refractivity contribution >= 4 is 41.1 Å². The molecular weight excluding hydrogens is 538 g/mol. The van der Waals surface area contributed by atoms with Gasteiger partial charge in [0.25, 0.3) is 17.6 Å². The first-order valence-corrected chi connectivity index (χ1v) is 12.0. The van der Waals surface area contributed by atoms with Crippen molar-refractivity contribution in [1.29, 1.82) is 0 Å². The molecule has 0 aliphatic carbocycles. The Kier molecular flexibility index (Phi) is 6.76. The maximum Gasteiger partial charge on any atom is 0.448 e. The first-order valence-electron chi connectivity index (χ1n) is 12.0. The fourth-order valence-electron chi connectivity index (χ4n) is 4.35. The van der Waals surface area contributed by atoms with Gasteiger partial charge in [0, 0.05) is 19.3 Å². The molecule has 0 spiro atoms. The van der Waals surface area contributed by atoms with E-state index < -0.39 is 41.2 Å². The van der Waals surface area contributed by atoms with Gasteiger partial charge in [-0.05, 0) is 46.1 Å². The Balaban J connectivity index is 1.40. The molecule has 4 amide bonds. The minimum atomic E-state index is -1.41. The first kappa shape index (κ1) is 26.7. The molecule has 2 aromatic heterocycles. The summed E-state index contributed by atoms with van der Waals surface area (Å²) in [6.45, 7) is 0.0598. The van der Waals surface area contributed by atoms with Gasteiger partial charge in [-0.15, -0.1) is 0 Å². The van der Waals surface area contributed by atoms with E-state index in [-0.39, 0.29) is 35.1 Å². The number of nitrogens with zero attached hydrogens (tertiary/aromatic N) is 4. The predicted octanol–water partition coefficient (Wildman–Crippen LogP) is -0.214. The molecule has 5 rings (SSSR count). The van der Waals surface area contributed by atoms with Crippen LogP contribution in [0.5, 0.6) is 0 Å². The second kappa shape index (κ2) is 10.4. The van der Waals surface area contributed by atoms with E-state index in [1.807, 2.05) is 0 Å². The van der Waals surface area contributed by atoms with Crippen LogP contribution in [0, 0.1) is 0 Å². The molecule has 4 aromatic rings. The number of anilines is 1. The molecule has 1 aliphatic heterocycles. The summed E-state index contributed by atoms with van der Waals surface area (Å²) >= 11 is 0. The van der Waals surface area contributed by atoms with E-state index in [4.69, 9.17) is 10.8 Å². The standard InChI is InChI=1S/C26H21N7O8/c1-32-17-8-12(2-3-15(17)9-19(32)34)11-28-22(36)16-10-18(33-25(29-16)31-41-26(33)40)23(37)30-20(21(27)35)13-4-6-14(7-5-13)24(38)39/h2-8,10,20H,9,11H2,1H3,(H2,27,35)(H,28,36)(H,30,37)(H,38,39)/t20-/m1/s1. The number of nitrogens with one attached hydrogen (secondary N) is 2. The van der Waals surface area contributed by atoms with Crippen molar-refractivity contribution in [3.05, 3.63) is 92.7 Å². The van der Waals surface area contributed by atoms with Crippen molar-refractivity contribution in [2.45, 2.75) is 19.0 Å². The highest BCUT2D eigenvalue weighted by Gasteiger charge is 2.27. The molecule has 0 saturated carbocycles. The van der Waals surface area contributed by atoms with E-state index in [1.165, 1.54) is 29.2 Å². The fourth-order valence-corrected chi connectivity index (χ4v) is 4.35. The Hall–Kier alpha value is -5.86. The Morgan fingerprint density at radius 2 is 1.80 bits per heavy atom. The summed E-state index contributed by atoms with van der Waals surface area (Å²) in [5.41, 5.74) is 7.22. The number of carboxylic acids is 1. The summed E-state index contributed by atoms with van der Waals surface area (Å²) in [7, 11) is 1.66. The van der Waals surface area contributed by atoms with Crippen molar-refractivity contribution in [2.24, 2.45) is 5.73 Å². The van der Waals surface area contributed by atoms with Gasteiger partial charge >= 0.3 is 11.7 Å². The summed E-state index contributed by atoms with van der Waals surface area (Å²) in [6, 6.07) is 10.0. The highest BCUT2D eigenvalue weighted by atomic mass is 16.5. The molecule has 3 heterocycles. The monoisotopic (exact) mass is 559 g/mol. The van der Waals surface area contributed by atoms with Crippen LogP contribution in [-0.2, 0) is 22.6 Å². The van der Waals surface area contributed by atoms with Crippen molar-refractivity contribution in [1.82, 2.24) is 25.2 Å². The molecule has 41 heavy (non-hydrogen) atoms. The van der Waals surface area contributed by atoms with Gasteiger partial charge in [0.2, 0.25) is 11.8 Å². The number of carbonyl (C=O) groups is 5. The minimum absolute atomic E-state index is 0.0387. The number of amides is 4. The smallest absolute Gasteiger partial charge is 0.448 e. The number of fused-ring (bicyclic) bond motifs is 2. The Morgan fingerprint density at radius 1 is 1.07 bits per heavy atom. The molecule has 0 unspecified atom stereocenters. The van der Waals surface area contributed by atoms with E-state index in [0.717, 1.165) is 17.3 Å². The number of likely N-dealkylation sites (N-methyl/N-ethyl adjacent to an activating group) is 1. The average molecular weight is 559 g/mol. The molecule has 0 radical (unpaired) electrons. The topological polar surface area (TPSA) is 219 Å². The van der Waals surface area contributed by atoms with Gasteiger partial charge in [-0.3, -0.25) is 23.7 Å². The molecule has 1 aliphatic rings. The zero-order valence-electron chi connectivity index (χ0n) is 21.3. The maximum absolute atomic E-state index is 13.3. The van der Waals surface area contributed by atoms with Gasteiger partial charge in [0.05, 0.1) is 12.0 Å². The van der Waals surface area contributed by atoms with Crippen molar-refractivity contribution < 1.29 is 33.6 Å². The molecule has 208 valence electrons. The fraction of sp³-hybridized carbons (Fsp3) is 0.154. The number of primary amides is 1. The van der Waals surface area contributed by atoms with Crippen LogP contribution in [0.4, 0.5) is 5.69 Å². The largest absolute Gasteiger partial charge is 0.478 e. The lowest BCUT2D eigenvalue weighted by molar-refractivity contribution is -0.120. The molecule has 0 saturated heterocycles. The summed E-state index contributed by atoms with van der Waals surface area (Å²) < 4.78 is 5.32. The lowest BCUT2D eigenvalue weighted by atomic mass is 10.0. The second-order valence-electron chi connectivity index (χ2n) is 9.12. The van der Waals surface area contributed by atoms with Crippen LogP contribution in [-0.4, -0.2) is 56.3 Å². The lowest BCUT2D eigenvalue weighted by Gasteiger charge is -2.16. The van der Waals surface area contributed by atoms with E-state index in [0.29, 0.717) is 16.4 Å². The minimum Gasteiger partial charge on any atom is -0.478 e. The number of carbonyl (C=O) groups excluding carboxylic acids is 4. The molecule has 1 atom stereocenters. The zero-order valence-corrected chi connectivity index (χ0v) is 21.3. The van der Waals surface area contributed by atoms with Gasteiger partial charge in [0.1, 0.15) is 17.4 Å². The summed E-state index contributed by atoms with van der Waals surface area (Å²) in [5, 5.41) is 17.6. The Labute approximate surface area is 229 Å².